The highest BCUT2D eigenvalue weighted by Gasteiger charge is 2.21. The topological polar surface area (TPSA) is 132 Å². The summed E-state index contributed by atoms with van der Waals surface area (Å²) in [6, 6.07) is 13.8. The summed E-state index contributed by atoms with van der Waals surface area (Å²) in [4.78, 5) is 14.9. The zero-order valence-corrected chi connectivity index (χ0v) is 21.0. The SMILES string of the molecule is C[C@@H](O)CN1CCC(Oc2ccc(C(=N)c3cc(C(=O)N[C@@H](O)c4ccsc4)ccc3N)cc2)CC1. The maximum absolute atomic E-state index is 12.7. The van der Waals surface area contributed by atoms with Crippen molar-refractivity contribution in [3.63, 3.8) is 0 Å². The van der Waals surface area contributed by atoms with E-state index in [1.807, 2.05) is 29.6 Å². The number of benzene rings is 2. The normalized spacial score (nSPS) is 16.3. The summed E-state index contributed by atoms with van der Waals surface area (Å²) in [5.74, 6) is 0.287. The molecule has 2 aromatic carbocycles. The number of hydrogen-bond donors (Lipinski definition) is 5. The minimum absolute atomic E-state index is 0.121. The van der Waals surface area contributed by atoms with Crippen molar-refractivity contribution in [2.75, 3.05) is 25.4 Å². The van der Waals surface area contributed by atoms with Crippen LogP contribution in [0, 0.1) is 5.41 Å². The third kappa shape index (κ3) is 6.50. The van der Waals surface area contributed by atoms with Crippen LogP contribution in [-0.2, 0) is 0 Å². The Hall–Kier alpha value is -3.24. The van der Waals surface area contributed by atoms with Crippen molar-refractivity contribution in [3.05, 3.63) is 81.5 Å². The van der Waals surface area contributed by atoms with E-state index in [-0.39, 0.29) is 17.9 Å². The van der Waals surface area contributed by atoms with Crippen molar-refractivity contribution in [1.29, 1.82) is 5.41 Å². The average Bonchev–Trinajstić information content (AvgIpc) is 3.41. The third-order valence-corrected chi connectivity index (χ3v) is 6.92. The second-order valence-electron chi connectivity index (χ2n) is 9.10. The molecule has 4 rings (SSSR count). The summed E-state index contributed by atoms with van der Waals surface area (Å²) in [7, 11) is 0. The van der Waals surface area contributed by atoms with Gasteiger partial charge in [0.25, 0.3) is 5.91 Å². The van der Waals surface area contributed by atoms with Crippen LogP contribution in [0.3, 0.4) is 0 Å². The van der Waals surface area contributed by atoms with Crippen molar-refractivity contribution < 1.29 is 19.7 Å². The number of aliphatic hydroxyl groups excluding tert-OH is 2. The molecule has 0 radical (unpaired) electrons. The fourth-order valence-electron chi connectivity index (χ4n) is 4.27. The molecule has 190 valence electrons. The smallest absolute Gasteiger partial charge is 0.253 e. The molecular weight excluding hydrogens is 476 g/mol. The fourth-order valence-corrected chi connectivity index (χ4v) is 4.95. The number of β-amino-alcohol motifs (C(OH)–C–C–N with tert-alkyl or cyclic N) is 1. The van der Waals surface area contributed by atoms with E-state index in [0.29, 0.717) is 34.5 Å². The van der Waals surface area contributed by atoms with Crippen LogP contribution < -0.4 is 15.8 Å². The molecule has 2 heterocycles. The highest BCUT2D eigenvalue weighted by Crippen LogP contribution is 2.23. The number of nitrogens with two attached hydrogens (primary N) is 1. The highest BCUT2D eigenvalue weighted by molar-refractivity contribution is 7.07. The molecule has 1 amide bonds. The number of hydrogen-bond acceptors (Lipinski definition) is 8. The molecule has 0 unspecified atom stereocenters. The monoisotopic (exact) mass is 508 g/mol. The molecule has 0 aliphatic carbocycles. The maximum Gasteiger partial charge on any atom is 0.253 e. The number of anilines is 1. The van der Waals surface area contributed by atoms with E-state index in [4.69, 9.17) is 15.9 Å². The molecule has 1 aliphatic heterocycles. The highest BCUT2D eigenvalue weighted by atomic mass is 32.1. The van der Waals surface area contributed by atoms with Gasteiger partial charge in [-0.3, -0.25) is 10.2 Å². The summed E-state index contributed by atoms with van der Waals surface area (Å²) in [6.07, 6.45) is 0.485. The number of rotatable bonds is 9. The summed E-state index contributed by atoms with van der Waals surface area (Å²) >= 11 is 1.43. The number of likely N-dealkylation sites (tertiary alicyclic amines) is 1. The van der Waals surface area contributed by atoms with Crippen molar-refractivity contribution in [3.8, 4) is 5.75 Å². The molecule has 6 N–H and O–H groups in total. The number of ether oxygens (including phenoxy) is 1. The predicted octanol–water partition coefficient (Wildman–Crippen LogP) is 3.39. The van der Waals surface area contributed by atoms with Crippen LogP contribution in [0.5, 0.6) is 5.75 Å². The molecule has 9 heteroatoms. The zero-order valence-electron chi connectivity index (χ0n) is 20.2. The van der Waals surface area contributed by atoms with Gasteiger partial charge in [-0.25, -0.2) is 0 Å². The summed E-state index contributed by atoms with van der Waals surface area (Å²) in [6.45, 7) is 4.28. The first-order valence-corrected chi connectivity index (χ1v) is 12.9. The summed E-state index contributed by atoms with van der Waals surface area (Å²) < 4.78 is 6.13. The molecule has 0 saturated carbocycles. The van der Waals surface area contributed by atoms with Crippen LogP contribution in [0.15, 0.2) is 59.3 Å². The van der Waals surface area contributed by atoms with E-state index in [1.165, 1.54) is 11.3 Å². The number of carbonyl (C=O) groups is 1. The predicted molar refractivity (Wildman–Crippen MR) is 142 cm³/mol. The van der Waals surface area contributed by atoms with E-state index in [9.17, 15) is 15.0 Å². The van der Waals surface area contributed by atoms with Crippen LogP contribution in [-0.4, -0.2) is 58.6 Å². The molecule has 1 aromatic heterocycles. The van der Waals surface area contributed by atoms with Gasteiger partial charge in [-0.1, -0.05) is 0 Å². The van der Waals surface area contributed by atoms with E-state index in [0.717, 1.165) is 31.7 Å². The molecule has 3 aromatic rings. The van der Waals surface area contributed by atoms with Crippen LogP contribution in [0.2, 0.25) is 0 Å². The zero-order chi connectivity index (χ0) is 25.7. The van der Waals surface area contributed by atoms with Crippen LogP contribution in [0.4, 0.5) is 5.69 Å². The van der Waals surface area contributed by atoms with Gasteiger partial charge in [0.1, 0.15) is 11.9 Å². The van der Waals surface area contributed by atoms with Crippen LogP contribution >= 0.6 is 11.3 Å². The number of nitrogens with one attached hydrogen (secondary N) is 2. The molecule has 8 nitrogen and oxygen atoms in total. The lowest BCUT2D eigenvalue weighted by Gasteiger charge is -2.32. The molecule has 1 aliphatic rings. The molecule has 0 bridgehead atoms. The fraction of sp³-hybridized carbons (Fsp3) is 0.333. The van der Waals surface area contributed by atoms with Gasteiger partial charge in [0.05, 0.1) is 11.8 Å². The van der Waals surface area contributed by atoms with E-state index in [1.54, 1.807) is 36.6 Å². The average molecular weight is 509 g/mol. The Kier molecular flexibility index (Phi) is 8.37. The molecule has 0 spiro atoms. The van der Waals surface area contributed by atoms with Gasteiger partial charge in [0.15, 0.2) is 6.23 Å². The molecule has 1 fully saturated rings. The molecule has 1 saturated heterocycles. The standard InChI is InChI=1S/C27H32N4O4S/c1-17(32)15-31-11-8-22(9-12-31)35-21-5-2-18(3-6-21)25(29)23-14-19(4-7-24(23)28)26(33)30-27(34)20-10-13-36-16-20/h2-7,10,13-14,16-17,22,27,29,32,34H,8-9,11-12,15,28H2,1H3,(H,30,33)/t17-,27+/m1/s1. The number of piperidine rings is 1. The first kappa shape index (κ1) is 25.8. The minimum atomic E-state index is -1.11. The van der Waals surface area contributed by atoms with Gasteiger partial charge >= 0.3 is 0 Å². The largest absolute Gasteiger partial charge is 0.490 e. The Morgan fingerprint density at radius 1 is 1.17 bits per heavy atom. The van der Waals surface area contributed by atoms with E-state index >= 15 is 0 Å². The van der Waals surface area contributed by atoms with Crippen molar-refractivity contribution in [2.45, 2.75) is 38.2 Å². The van der Waals surface area contributed by atoms with Gasteiger partial charge in [0.2, 0.25) is 0 Å². The van der Waals surface area contributed by atoms with Gasteiger partial charge in [-0.05, 0) is 79.1 Å². The first-order valence-electron chi connectivity index (χ1n) is 12.0. The van der Waals surface area contributed by atoms with E-state index < -0.39 is 12.1 Å². The van der Waals surface area contributed by atoms with Crippen molar-refractivity contribution in [2.24, 2.45) is 0 Å². The number of aliphatic hydroxyl groups is 2. The number of amides is 1. The lowest BCUT2D eigenvalue weighted by Crippen LogP contribution is -2.41. The number of nitrogens with zero attached hydrogens (tertiary/aromatic N) is 1. The number of carbonyl (C=O) groups excluding carboxylic acids is 1. The van der Waals surface area contributed by atoms with Gasteiger partial charge in [0, 0.05) is 47.6 Å². The molecular formula is C27H32N4O4S. The van der Waals surface area contributed by atoms with E-state index in [2.05, 4.69) is 10.2 Å². The second kappa shape index (κ2) is 11.7. The van der Waals surface area contributed by atoms with Crippen LogP contribution in [0.1, 0.15) is 53.0 Å². The quantitative estimate of drug-likeness (QED) is 0.171. The van der Waals surface area contributed by atoms with Crippen molar-refractivity contribution >= 4 is 28.6 Å². The number of thiophene rings is 1. The Labute approximate surface area is 214 Å². The number of nitrogen functional groups attached to an aromatic ring is 1. The molecule has 2 atom stereocenters. The van der Waals surface area contributed by atoms with Gasteiger partial charge in [-0.15, -0.1) is 0 Å². The van der Waals surface area contributed by atoms with Crippen molar-refractivity contribution in [1.82, 2.24) is 10.2 Å². The minimum Gasteiger partial charge on any atom is -0.490 e. The Balaban J connectivity index is 1.38. The first-order chi connectivity index (χ1) is 17.3. The summed E-state index contributed by atoms with van der Waals surface area (Å²) in [5, 5.41) is 34.6. The maximum atomic E-state index is 12.7. The Morgan fingerprint density at radius 2 is 1.86 bits per heavy atom. The third-order valence-electron chi connectivity index (χ3n) is 6.21. The Morgan fingerprint density at radius 3 is 2.50 bits per heavy atom. The Bertz CT molecular complexity index is 1170. The summed E-state index contributed by atoms with van der Waals surface area (Å²) in [5.41, 5.74) is 8.72. The lowest BCUT2D eigenvalue weighted by atomic mass is 9.98. The van der Waals surface area contributed by atoms with Crippen LogP contribution in [0.25, 0.3) is 0 Å². The second-order valence-corrected chi connectivity index (χ2v) is 9.88. The lowest BCUT2D eigenvalue weighted by molar-refractivity contribution is 0.0673. The van der Waals surface area contributed by atoms with Gasteiger partial charge in [-0.2, -0.15) is 11.3 Å². The molecule has 36 heavy (non-hydrogen) atoms. The van der Waals surface area contributed by atoms with Gasteiger partial charge < -0.3 is 30.9 Å².